The molecule has 0 radical (unpaired) electrons. The molecule has 0 aliphatic heterocycles. The predicted octanol–water partition coefficient (Wildman–Crippen LogP) is 2.32. The van der Waals surface area contributed by atoms with Crippen molar-refractivity contribution >= 4 is 29.1 Å². The van der Waals surface area contributed by atoms with Crippen molar-refractivity contribution in [3.05, 3.63) is 42.2 Å². The van der Waals surface area contributed by atoms with Gasteiger partial charge in [-0.1, -0.05) is 6.92 Å². The van der Waals surface area contributed by atoms with Gasteiger partial charge in [-0.3, -0.25) is 9.59 Å². The van der Waals surface area contributed by atoms with Crippen LogP contribution in [0.3, 0.4) is 0 Å². The van der Waals surface area contributed by atoms with Crippen LogP contribution in [0.1, 0.15) is 30.6 Å². The third-order valence-electron chi connectivity index (χ3n) is 2.91. The Morgan fingerprint density at radius 3 is 2.22 bits per heavy atom. The molecule has 0 bridgehead atoms. The number of hydrogen-bond acceptors (Lipinski definition) is 5. The highest BCUT2D eigenvalue weighted by atomic mass is 16.2. The quantitative estimate of drug-likeness (QED) is 0.760. The summed E-state index contributed by atoms with van der Waals surface area (Å²) in [6.07, 6.45) is 3.83. The standard InChI is InChI=1S/C16H19N5O2/c1-3-8-17-15(23)12-9-18-16(19-10-12)21-14-6-4-13(5-7-14)20-11(2)22/h4-7,9-10H,3,8H2,1-2H3,(H,17,23)(H,20,22)(H,18,19,21). The van der Waals surface area contributed by atoms with Crippen molar-refractivity contribution in [2.24, 2.45) is 0 Å². The number of nitrogens with zero attached hydrogens (tertiary/aromatic N) is 2. The largest absolute Gasteiger partial charge is 0.352 e. The second-order valence-corrected chi connectivity index (χ2v) is 4.93. The van der Waals surface area contributed by atoms with E-state index in [0.717, 1.165) is 12.1 Å². The van der Waals surface area contributed by atoms with E-state index in [2.05, 4.69) is 25.9 Å². The maximum Gasteiger partial charge on any atom is 0.254 e. The molecule has 120 valence electrons. The Morgan fingerprint density at radius 2 is 1.65 bits per heavy atom. The van der Waals surface area contributed by atoms with Gasteiger partial charge in [-0.05, 0) is 30.7 Å². The van der Waals surface area contributed by atoms with Gasteiger partial charge in [0.1, 0.15) is 0 Å². The van der Waals surface area contributed by atoms with E-state index in [-0.39, 0.29) is 11.8 Å². The van der Waals surface area contributed by atoms with Gasteiger partial charge in [-0.15, -0.1) is 0 Å². The van der Waals surface area contributed by atoms with Gasteiger partial charge in [0.15, 0.2) is 0 Å². The first-order chi connectivity index (χ1) is 11.1. The van der Waals surface area contributed by atoms with Crippen molar-refractivity contribution < 1.29 is 9.59 Å². The van der Waals surface area contributed by atoms with Crippen molar-refractivity contribution in [1.29, 1.82) is 0 Å². The Bertz CT molecular complexity index is 668. The summed E-state index contributed by atoms with van der Waals surface area (Å²) in [4.78, 5) is 31.0. The maximum absolute atomic E-state index is 11.8. The van der Waals surface area contributed by atoms with Crippen LogP contribution in [0.15, 0.2) is 36.7 Å². The number of carbonyl (C=O) groups is 2. The molecule has 2 rings (SSSR count). The lowest BCUT2D eigenvalue weighted by atomic mass is 10.3. The van der Waals surface area contributed by atoms with E-state index in [0.29, 0.717) is 23.7 Å². The second kappa shape index (κ2) is 7.88. The summed E-state index contributed by atoms with van der Waals surface area (Å²) in [6.45, 7) is 4.07. The summed E-state index contributed by atoms with van der Waals surface area (Å²) in [6, 6.07) is 7.15. The number of amides is 2. The van der Waals surface area contributed by atoms with E-state index < -0.39 is 0 Å². The molecule has 3 N–H and O–H groups in total. The highest BCUT2D eigenvalue weighted by Gasteiger charge is 2.06. The van der Waals surface area contributed by atoms with Crippen molar-refractivity contribution in [2.45, 2.75) is 20.3 Å². The number of anilines is 3. The van der Waals surface area contributed by atoms with Gasteiger partial charge >= 0.3 is 0 Å². The fraction of sp³-hybridized carbons (Fsp3) is 0.250. The average Bonchev–Trinajstić information content (AvgIpc) is 2.54. The van der Waals surface area contributed by atoms with Crippen LogP contribution in [0.2, 0.25) is 0 Å². The molecule has 0 spiro atoms. The average molecular weight is 313 g/mol. The molecular formula is C16H19N5O2. The molecular weight excluding hydrogens is 294 g/mol. The minimum absolute atomic E-state index is 0.119. The van der Waals surface area contributed by atoms with E-state index in [1.807, 2.05) is 6.92 Å². The summed E-state index contributed by atoms with van der Waals surface area (Å²) in [5.41, 5.74) is 1.92. The van der Waals surface area contributed by atoms with Gasteiger partial charge < -0.3 is 16.0 Å². The van der Waals surface area contributed by atoms with Crippen LogP contribution in [0.4, 0.5) is 17.3 Å². The lowest BCUT2D eigenvalue weighted by Gasteiger charge is -2.07. The molecule has 0 fully saturated rings. The fourth-order valence-electron chi connectivity index (χ4n) is 1.82. The van der Waals surface area contributed by atoms with E-state index in [1.54, 1.807) is 24.3 Å². The molecule has 0 saturated carbocycles. The normalized spacial score (nSPS) is 10.0. The molecule has 1 aromatic heterocycles. The van der Waals surface area contributed by atoms with Gasteiger partial charge in [0.05, 0.1) is 5.56 Å². The molecule has 0 aliphatic rings. The maximum atomic E-state index is 11.8. The third-order valence-corrected chi connectivity index (χ3v) is 2.91. The van der Waals surface area contributed by atoms with Gasteiger partial charge in [-0.2, -0.15) is 0 Å². The lowest BCUT2D eigenvalue weighted by Crippen LogP contribution is -2.24. The summed E-state index contributed by atoms with van der Waals surface area (Å²) >= 11 is 0. The Labute approximate surface area is 134 Å². The van der Waals surface area contributed by atoms with Gasteiger partial charge in [0.25, 0.3) is 5.91 Å². The highest BCUT2D eigenvalue weighted by molar-refractivity contribution is 5.93. The number of hydrogen-bond donors (Lipinski definition) is 3. The van der Waals surface area contributed by atoms with Crippen LogP contribution in [-0.2, 0) is 4.79 Å². The van der Waals surface area contributed by atoms with Crippen LogP contribution in [0.25, 0.3) is 0 Å². The monoisotopic (exact) mass is 313 g/mol. The van der Waals surface area contributed by atoms with Crippen LogP contribution in [0, 0.1) is 0 Å². The topological polar surface area (TPSA) is 96.0 Å². The van der Waals surface area contributed by atoms with Crippen LogP contribution < -0.4 is 16.0 Å². The van der Waals surface area contributed by atoms with Crippen molar-refractivity contribution in [1.82, 2.24) is 15.3 Å². The Balaban J connectivity index is 1.97. The first-order valence-electron chi connectivity index (χ1n) is 7.33. The Morgan fingerprint density at radius 1 is 1.04 bits per heavy atom. The first kappa shape index (κ1) is 16.4. The molecule has 0 unspecified atom stereocenters. The second-order valence-electron chi connectivity index (χ2n) is 4.93. The Kier molecular flexibility index (Phi) is 5.62. The SMILES string of the molecule is CCCNC(=O)c1cnc(Nc2ccc(NC(C)=O)cc2)nc1. The minimum atomic E-state index is -0.182. The molecule has 7 nitrogen and oxygen atoms in total. The first-order valence-corrected chi connectivity index (χ1v) is 7.33. The van der Waals surface area contributed by atoms with E-state index in [4.69, 9.17) is 0 Å². The lowest BCUT2D eigenvalue weighted by molar-refractivity contribution is -0.114. The Hall–Kier alpha value is -2.96. The van der Waals surface area contributed by atoms with Crippen molar-refractivity contribution in [3.63, 3.8) is 0 Å². The zero-order chi connectivity index (χ0) is 16.7. The summed E-state index contributed by atoms with van der Waals surface area (Å²) in [7, 11) is 0. The number of rotatable bonds is 6. The van der Waals surface area contributed by atoms with Gasteiger partial charge in [0.2, 0.25) is 11.9 Å². The number of benzene rings is 1. The number of aromatic nitrogens is 2. The molecule has 23 heavy (non-hydrogen) atoms. The fourth-order valence-corrected chi connectivity index (χ4v) is 1.82. The minimum Gasteiger partial charge on any atom is -0.352 e. The van der Waals surface area contributed by atoms with Crippen LogP contribution in [0.5, 0.6) is 0 Å². The highest BCUT2D eigenvalue weighted by Crippen LogP contribution is 2.16. The van der Waals surface area contributed by atoms with Crippen LogP contribution in [-0.4, -0.2) is 28.3 Å². The van der Waals surface area contributed by atoms with Crippen molar-refractivity contribution in [3.8, 4) is 0 Å². The molecule has 2 aromatic rings. The number of nitrogens with one attached hydrogen (secondary N) is 3. The molecule has 0 aliphatic carbocycles. The molecule has 0 saturated heterocycles. The molecule has 1 heterocycles. The van der Waals surface area contributed by atoms with Crippen molar-refractivity contribution in [2.75, 3.05) is 17.2 Å². The van der Waals surface area contributed by atoms with Crippen LogP contribution >= 0.6 is 0 Å². The zero-order valence-electron chi connectivity index (χ0n) is 13.1. The molecule has 0 atom stereocenters. The smallest absolute Gasteiger partial charge is 0.254 e. The van der Waals surface area contributed by atoms with E-state index in [1.165, 1.54) is 19.3 Å². The summed E-state index contributed by atoms with van der Waals surface area (Å²) in [5.74, 6) is 0.0911. The predicted molar refractivity (Wildman–Crippen MR) is 88.7 cm³/mol. The van der Waals surface area contributed by atoms with Gasteiger partial charge in [0, 0.05) is 37.2 Å². The molecule has 2 amide bonds. The molecule has 7 heteroatoms. The van der Waals surface area contributed by atoms with E-state index >= 15 is 0 Å². The number of carbonyl (C=O) groups excluding carboxylic acids is 2. The third kappa shape index (κ3) is 5.06. The summed E-state index contributed by atoms with van der Waals surface area (Å²) in [5, 5.41) is 8.48. The molecule has 1 aromatic carbocycles. The summed E-state index contributed by atoms with van der Waals surface area (Å²) < 4.78 is 0. The van der Waals surface area contributed by atoms with Gasteiger partial charge in [-0.25, -0.2) is 9.97 Å². The van der Waals surface area contributed by atoms with E-state index in [9.17, 15) is 9.59 Å². The zero-order valence-corrected chi connectivity index (χ0v) is 13.1.